The Morgan fingerprint density at radius 2 is 1.78 bits per heavy atom. The molecule has 1 aliphatic heterocycles. The summed E-state index contributed by atoms with van der Waals surface area (Å²) < 4.78 is 38.2. The van der Waals surface area contributed by atoms with Crippen molar-refractivity contribution < 1.29 is 22.8 Å². The van der Waals surface area contributed by atoms with Crippen LogP contribution in [0.2, 0.25) is 0 Å². The summed E-state index contributed by atoms with van der Waals surface area (Å²) in [6.45, 7) is 0.741. The van der Waals surface area contributed by atoms with Crippen molar-refractivity contribution in [1.29, 1.82) is 0 Å². The van der Waals surface area contributed by atoms with Gasteiger partial charge in [-0.2, -0.15) is 13.2 Å². The van der Waals surface area contributed by atoms with Crippen molar-refractivity contribution in [3.05, 3.63) is 71.3 Å². The molecule has 1 unspecified atom stereocenters. The van der Waals surface area contributed by atoms with Gasteiger partial charge in [0.1, 0.15) is 0 Å². The van der Waals surface area contributed by atoms with Crippen LogP contribution in [-0.2, 0) is 28.9 Å². The molecule has 2 amide bonds. The van der Waals surface area contributed by atoms with Crippen LogP contribution in [0.5, 0.6) is 0 Å². The molecule has 0 spiro atoms. The highest BCUT2D eigenvalue weighted by molar-refractivity contribution is 5.89. The molecule has 1 fully saturated rings. The zero-order chi connectivity index (χ0) is 19.4. The van der Waals surface area contributed by atoms with E-state index in [1.165, 1.54) is 12.1 Å². The van der Waals surface area contributed by atoms with Gasteiger partial charge in [-0.25, -0.2) is 0 Å². The molecule has 1 saturated heterocycles. The lowest BCUT2D eigenvalue weighted by molar-refractivity contribution is -0.137. The summed E-state index contributed by atoms with van der Waals surface area (Å²) in [5, 5.41) is 2.64. The Kier molecular flexibility index (Phi) is 5.48. The number of alkyl halides is 3. The Morgan fingerprint density at radius 1 is 1.07 bits per heavy atom. The van der Waals surface area contributed by atoms with Crippen LogP contribution >= 0.6 is 0 Å². The lowest BCUT2D eigenvalue weighted by Gasteiger charge is -2.16. The first-order valence-corrected chi connectivity index (χ1v) is 8.58. The number of benzene rings is 2. The van der Waals surface area contributed by atoms with E-state index < -0.39 is 17.7 Å². The van der Waals surface area contributed by atoms with E-state index in [1.54, 1.807) is 4.90 Å². The van der Waals surface area contributed by atoms with E-state index in [1.807, 2.05) is 30.3 Å². The predicted octanol–water partition coefficient (Wildman–Crippen LogP) is 3.37. The molecule has 0 aliphatic carbocycles. The summed E-state index contributed by atoms with van der Waals surface area (Å²) >= 11 is 0. The van der Waals surface area contributed by atoms with Crippen molar-refractivity contribution in [2.24, 2.45) is 5.92 Å². The average Bonchev–Trinajstić information content (AvgIpc) is 3.01. The molecule has 1 N–H and O–H groups in total. The summed E-state index contributed by atoms with van der Waals surface area (Å²) in [5.41, 5.74) is 0.596. The van der Waals surface area contributed by atoms with Gasteiger partial charge in [0.05, 0.1) is 11.5 Å². The maximum atomic E-state index is 12.7. The highest BCUT2D eigenvalue weighted by Gasteiger charge is 2.34. The average molecular weight is 376 g/mol. The maximum absolute atomic E-state index is 12.7. The fourth-order valence-electron chi connectivity index (χ4n) is 3.10. The van der Waals surface area contributed by atoms with Gasteiger partial charge >= 0.3 is 6.18 Å². The molecule has 1 aliphatic rings. The third kappa shape index (κ3) is 4.87. The van der Waals surface area contributed by atoms with Crippen molar-refractivity contribution in [3.8, 4) is 0 Å². The van der Waals surface area contributed by atoms with E-state index in [0.717, 1.165) is 17.7 Å². The number of carbonyl (C=O) groups excluding carboxylic acids is 2. The summed E-state index contributed by atoms with van der Waals surface area (Å²) in [5.74, 6) is -0.915. The molecular weight excluding hydrogens is 357 g/mol. The van der Waals surface area contributed by atoms with Crippen molar-refractivity contribution in [2.75, 3.05) is 6.54 Å². The molecule has 142 valence electrons. The molecule has 3 rings (SSSR count). The Morgan fingerprint density at radius 3 is 2.48 bits per heavy atom. The Balaban J connectivity index is 1.55. The second-order valence-corrected chi connectivity index (χ2v) is 6.58. The standard InChI is InChI=1S/C20H19F3N2O2/c21-20(22,23)17-8-4-7-15(9-17)11-24-19(27)16-10-18(26)25(13-16)12-14-5-2-1-3-6-14/h1-9,16H,10-13H2,(H,24,27). The molecule has 0 saturated carbocycles. The number of halogens is 3. The molecule has 0 bridgehead atoms. The molecule has 27 heavy (non-hydrogen) atoms. The molecule has 0 radical (unpaired) electrons. The van der Waals surface area contributed by atoms with E-state index >= 15 is 0 Å². The summed E-state index contributed by atoms with van der Waals surface area (Å²) in [6.07, 6.45) is -4.31. The highest BCUT2D eigenvalue weighted by Crippen LogP contribution is 2.29. The number of amides is 2. The number of hydrogen-bond donors (Lipinski definition) is 1. The van der Waals surface area contributed by atoms with Crippen molar-refractivity contribution >= 4 is 11.8 Å². The number of hydrogen-bond acceptors (Lipinski definition) is 2. The minimum absolute atomic E-state index is 0.00781. The van der Waals surface area contributed by atoms with E-state index in [-0.39, 0.29) is 24.8 Å². The zero-order valence-corrected chi connectivity index (χ0v) is 14.5. The van der Waals surface area contributed by atoms with Crippen LogP contribution in [0.4, 0.5) is 13.2 Å². The van der Waals surface area contributed by atoms with Gasteiger partial charge in [-0.05, 0) is 23.3 Å². The summed E-state index contributed by atoms with van der Waals surface area (Å²) in [4.78, 5) is 26.1. The van der Waals surface area contributed by atoms with Gasteiger partial charge in [-0.3, -0.25) is 9.59 Å². The monoisotopic (exact) mass is 376 g/mol. The fourth-order valence-corrected chi connectivity index (χ4v) is 3.10. The van der Waals surface area contributed by atoms with Gasteiger partial charge in [0.15, 0.2) is 0 Å². The van der Waals surface area contributed by atoms with E-state index in [4.69, 9.17) is 0 Å². The third-order valence-corrected chi connectivity index (χ3v) is 4.52. The first-order valence-electron chi connectivity index (χ1n) is 8.58. The van der Waals surface area contributed by atoms with E-state index in [9.17, 15) is 22.8 Å². The normalized spacial score (nSPS) is 17.2. The predicted molar refractivity (Wildman–Crippen MR) is 93.3 cm³/mol. The molecular formula is C20H19F3N2O2. The van der Waals surface area contributed by atoms with Gasteiger partial charge in [0, 0.05) is 26.1 Å². The lowest BCUT2D eigenvalue weighted by atomic mass is 10.1. The van der Waals surface area contributed by atoms with Crippen LogP contribution in [0.3, 0.4) is 0 Å². The maximum Gasteiger partial charge on any atom is 0.416 e. The zero-order valence-electron chi connectivity index (χ0n) is 14.5. The number of rotatable bonds is 5. The van der Waals surface area contributed by atoms with Crippen LogP contribution in [-0.4, -0.2) is 23.3 Å². The number of likely N-dealkylation sites (tertiary alicyclic amines) is 1. The third-order valence-electron chi connectivity index (χ3n) is 4.52. The largest absolute Gasteiger partial charge is 0.416 e. The molecule has 1 heterocycles. The highest BCUT2D eigenvalue weighted by atomic mass is 19.4. The molecule has 0 aromatic heterocycles. The van der Waals surface area contributed by atoms with Crippen LogP contribution < -0.4 is 5.32 Å². The van der Waals surface area contributed by atoms with Gasteiger partial charge in [-0.1, -0.05) is 42.5 Å². The van der Waals surface area contributed by atoms with Gasteiger partial charge in [0.25, 0.3) is 0 Å². The molecule has 1 atom stereocenters. The minimum Gasteiger partial charge on any atom is -0.352 e. The summed E-state index contributed by atoms with van der Waals surface area (Å²) in [7, 11) is 0. The lowest BCUT2D eigenvalue weighted by Crippen LogP contribution is -2.32. The summed E-state index contributed by atoms with van der Waals surface area (Å²) in [6, 6.07) is 14.3. The van der Waals surface area contributed by atoms with Gasteiger partial charge in [0.2, 0.25) is 11.8 Å². The topological polar surface area (TPSA) is 49.4 Å². The van der Waals surface area contributed by atoms with Crippen molar-refractivity contribution in [2.45, 2.75) is 25.7 Å². The van der Waals surface area contributed by atoms with Crippen LogP contribution in [0.1, 0.15) is 23.1 Å². The smallest absolute Gasteiger partial charge is 0.352 e. The molecule has 7 heteroatoms. The van der Waals surface area contributed by atoms with Crippen LogP contribution in [0.25, 0.3) is 0 Å². The Bertz CT molecular complexity index is 821. The first-order chi connectivity index (χ1) is 12.8. The first kappa shape index (κ1) is 18.9. The Hall–Kier alpha value is -2.83. The van der Waals surface area contributed by atoms with Crippen LogP contribution in [0.15, 0.2) is 54.6 Å². The van der Waals surface area contributed by atoms with Crippen molar-refractivity contribution in [3.63, 3.8) is 0 Å². The quantitative estimate of drug-likeness (QED) is 0.870. The number of nitrogens with zero attached hydrogens (tertiary/aromatic N) is 1. The van der Waals surface area contributed by atoms with E-state index in [0.29, 0.717) is 18.7 Å². The van der Waals surface area contributed by atoms with Gasteiger partial charge < -0.3 is 10.2 Å². The number of nitrogens with one attached hydrogen (secondary N) is 1. The van der Waals surface area contributed by atoms with Gasteiger partial charge in [-0.15, -0.1) is 0 Å². The molecule has 4 nitrogen and oxygen atoms in total. The second-order valence-electron chi connectivity index (χ2n) is 6.58. The SMILES string of the molecule is O=C(NCc1cccc(C(F)(F)F)c1)C1CC(=O)N(Cc2ccccc2)C1. The minimum atomic E-state index is -4.42. The van der Waals surface area contributed by atoms with Crippen molar-refractivity contribution in [1.82, 2.24) is 10.2 Å². The van der Waals surface area contributed by atoms with E-state index in [2.05, 4.69) is 5.32 Å². The molecule has 2 aromatic carbocycles. The Labute approximate surface area is 155 Å². The second kappa shape index (κ2) is 7.82. The van der Waals surface area contributed by atoms with Crippen LogP contribution in [0, 0.1) is 5.92 Å². The molecule has 2 aromatic rings. The number of carbonyl (C=O) groups is 2. The fraction of sp³-hybridized carbons (Fsp3) is 0.300.